The van der Waals surface area contributed by atoms with Crippen molar-refractivity contribution in [2.24, 2.45) is 0 Å². The lowest BCUT2D eigenvalue weighted by atomic mass is 10.1. The van der Waals surface area contributed by atoms with Crippen LogP contribution >= 0.6 is 0 Å². The van der Waals surface area contributed by atoms with E-state index in [1.54, 1.807) is 31.2 Å². The summed E-state index contributed by atoms with van der Waals surface area (Å²) in [7, 11) is 0. The van der Waals surface area contributed by atoms with Crippen molar-refractivity contribution < 1.29 is 28.2 Å². The van der Waals surface area contributed by atoms with Gasteiger partial charge in [0.15, 0.2) is 0 Å². The van der Waals surface area contributed by atoms with Crippen LogP contribution in [0.2, 0.25) is 0 Å². The Labute approximate surface area is 201 Å². The minimum absolute atomic E-state index is 0.0867. The van der Waals surface area contributed by atoms with Crippen LogP contribution < -0.4 is 5.32 Å². The maximum atomic E-state index is 12.1. The Balaban J connectivity index is 1.45. The second kappa shape index (κ2) is 16.9. The number of aromatic nitrogens is 2. The second-order valence-corrected chi connectivity index (χ2v) is 7.94. The second-order valence-electron chi connectivity index (χ2n) is 7.94. The summed E-state index contributed by atoms with van der Waals surface area (Å²) in [6, 6.07) is 7.12. The molecule has 2 aromatic rings. The molecule has 0 fully saturated rings. The summed E-state index contributed by atoms with van der Waals surface area (Å²) >= 11 is 0. The van der Waals surface area contributed by atoms with Crippen LogP contribution in [0.1, 0.15) is 57.8 Å². The fourth-order valence-corrected chi connectivity index (χ4v) is 3.03. The molecule has 9 nitrogen and oxygen atoms in total. The molecule has 0 spiro atoms. The van der Waals surface area contributed by atoms with E-state index in [0.717, 1.165) is 37.9 Å². The van der Waals surface area contributed by atoms with Crippen molar-refractivity contribution >= 4 is 17.4 Å². The molecule has 0 saturated heterocycles. The van der Waals surface area contributed by atoms with Gasteiger partial charge in [-0.3, -0.25) is 9.59 Å². The summed E-state index contributed by atoms with van der Waals surface area (Å²) in [6.45, 7) is 7.54. The van der Waals surface area contributed by atoms with Gasteiger partial charge in [0, 0.05) is 50.7 Å². The Bertz CT molecular complexity index is 837. The number of carbonyl (C=O) groups excluding carboxylic acids is 2. The Hall–Kier alpha value is -2.62. The van der Waals surface area contributed by atoms with Crippen LogP contribution in [0.3, 0.4) is 0 Å². The van der Waals surface area contributed by atoms with Gasteiger partial charge in [-0.1, -0.05) is 13.3 Å². The fraction of sp³-hybridized carbons (Fsp3) is 0.600. The van der Waals surface area contributed by atoms with E-state index in [4.69, 9.17) is 18.6 Å². The van der Waals surface area contributed by atoms with Gasteiger partial charge in [0.25, 0.3) is 0 Å². The van der Waals surface area contributed by atoms with Crippen LogP contribution in [0.5, 0.6) is 0 Å². The predicted molar refractivity (Wildman–Crippen MR) is 129 cm³/mol. The number of benzene rings is 1. The Morgan fingerprint density at radius 3 is 2.09 bits per heavy atom. The van der Waals surface area contributed by atoms with Gasteiger partial charge in [-0.15, -0.1) is 10.2 Å². The van der Waals surface area contributed by atoms with Gasteiger partial charge < -0.3 is 23.9 Å². The molecule has 0 aliphatic carbocycles. The average Bonchev–Trinajstić information content (AvgIpc) is 3.27. The molecule has 1 aromatic heterocycles. The highest BCUT2D eigenvalue weighted by Gasteiger charge is 2.09. The Morgan fingerprint density at radius 1 is 0.824 bits per heavy atom. The molecule has 2 rings (SSSR count). The molecule has 0 aliphatic heterocycles. The van der Waals surface area contributed by atoms with Crippen molar-refractivity contribution in [2.45, 2.75) is 58.8 Å². The molecule has 34 heavy (non-hydrogen) atoms. The minimum atomic E-state index is -0.186. The summed E-state index contributed by atoms with van der Waals surface area (Å²) in [5.74, 6) is 0.828. The Kier molecular flexibility index (Phi) is 13.7. The number of hydrogen-bond acceptors (Lipinski definition) is 8. The third-order valence-corrected chi connectivity index (χ3v) is 4.95. The molecule has 0 saturated carbocycles. The van der Waals surface area contributed by atoms with Gasteiger partial charge in [-0.2, -0.15) is 0 Å². The monoisotopic (exact) mass is 475 g/mol. The number of aryl methyl sites for hydroxylation is 1. The van der Waals surface area contributed by atoms with Gasteiger partial charge in [0.1, 0.15) is 5.78 Å². The molecule has 1 aromatic carbocycles. The number of nitrogens with one attached hydrogen (secondary N) is 1. The zero-order valence-electron chi connectivity index (χ0n) is 20.3. The van der Waals surface area contributed by atoms with Gasteiger partial charge in [0.2, 0.25) is 17.7 Å². The number of rotatable bonds is 19. The highest BCUT2D eigenvalue weighted by molar-refractivity contribution is 5.93. The highest BCUT2D eigenvalue weighted by atomic mass is 16.5. The van der Waals surface area contributed by atoms with E-state index in [2.05, 4.69) is 22.4 Å². The smallest absolute Gasteiger partial charge is 0.247 e. The lowest BCUT2D eigenvalue weighted by Gasteiger charge is -2.07. The summed E-state index contributed by atoms with van der Waals surface area (Å²) in [5.41, 5.74) is 1.43. The van der Waals surface area contributed by atoms with E-state index in [1.807, 2.05) is 0 Å². The molecule has 0 radical (unpaired) electrons. The summed E-state index contributed by atoms with van der Waals surface area (Å²) in [6.07, 6.45) is 4.64. The summed E-state index contributed by atoms with van der Waals surface area (Å²) in [5, 5.41) is 10.6. The van der Waals surface area contributed by atoms with E-state index in [9.17, 15) is 9.59 Å². The van der Waals surface area contributed by atoms with Gasteiger partial charge in [0.05, 0.1) is 26.4 Å². The first-order valence-corrected chi connectivity index (χ1v) is 12.0. The standard InChI is InChI=1S/C25H37N3O6/c1-3-4-14-31-16-18-33-19-17-32-15-6-5-7-23(29)12-13-24(30)26-22-10-8-21(9-11-22)25-28-27-20(2)34-25/h8-11H,3-7,12-19H2,1-2H3,(H,26,30). The molecule has 188 valence electrons. The largest absolute Gasteiger partial charge is 0.421 e. The number of amides is 1. The van der Waals surface area contributed by atoms with E-state index in [-0.39, 0.29) is 24.5 Å². The van der Waals surface area contributed by atoms with Crippen LogP contribution in [0, 0.1) is 6.92 Å². The number of nitrogens with zero attached hydrogens (tertiary/aromatic N) is 2. The number of ketones is 1. The quantitative estimate of drug-likeness (QED) is 0.298. The molecule has 0 aliphatic rings. The van der Waals surface area contributed by atoms with Gasteiger partial charge >= 0.3 is 0 Å². The van der Waals surface area contributed by atoms with Crippen LogP contribution in [0.15, 0.2) is 28.7 Å². The normalized spacial score (nSPS) is 11.0. The first-order chi connectivity index (χ1) is 16.6. The summed E-state index contributed by atoms with van der Waals surface area (Å²) in [4.78, 5) is 24.1. The number of anilines is 1. The summed E-state index contributed by atoms with van der Waals surface area (Å²) < 4.78 is 21.7. The number of hydrogen-bond donors (Lipinski definition) is 1. The van der Waals surface area contributed by atoms with Crippen molar-refractivity contribution in [2.75, 3.05) is 45.0 Å². The molecular weight excluding hydrogens is 438 g/mol. The van der Waals surface area contributed by atoms with Crippen molar-refractivity contribution in [3.63, 3.8) is 0 Å². The maximum absolute atomic E-state index is 12.1. The number of carbonyl (C=O) groups is 2. The Morgan fingerprint density at radius 2 is 1.47 bits per heavy atom. The van der Waals surface area contributed by atoms with Gasteiger partial charge in [-0.05, 0) is 43.5 Å². The molecule has 9 heteroatoms. The molecule has 1 amide bonds. The van der Waals surface area contributed by atoms with E-state index in [1.165, 1.54) is 0 Å². The first-order valence-electron chi connectivity index (χ1n) is 12.0. The van der Waals surface area contributed by atoms with Crippen molar-refractivity contribution in [3.8, 4) is 11.5 Å². The van der Waals surface area contributed by atoms with Crippen LogP contribution in [0.25, 0.3) is 11.5 Å². The lowest BCUT2D eigenvalue weighted by Crippen LogP contribution is -2.13. The third kappa shape index (κ3) is 12.0. The maximum Gasteiger partial charge on any atom is 0.247 e. The first kappa shape index (κ1) is 27.6. The SMILES string of the molecule is CCCCOCCOCCOCCCCC(=O)CCC(=O)Nc1ccc(-c2nnc(C)o2)cc1. The molecule has 0 atom stereocenters. The van der Waals surface area contributed by atoms with Crippen molar-refractivity contribution in [1.29, 1.82) is 0 Å². The topological polar surface area (TPSA) is 113 Å². The van der Waals surface area contributed by atoms with Crippen LogP contribution in [-0.2, 0) is 23.8 Å². The highest BCUT2D eigenvalue weighted by Crippen LogP contribution is 2.20. The number of ether oxygens (including phenoxy) is 3. The zero-order valence-corrected chi connectivity index (χ0v) is 20.3. The molecule has 0 unspecified atom stereocenters. The van der Waals surface area contributed by atoms with Crippen LogP contribution in [0.4, 0.5) is 5.69 Å². The predicted octanol–water partition coefficient (Wildman–Crippen LogP) is 4.35. The number of Topliss-reactive ketones (excluding diaryl/α,β-unsaturated/α-hetero) is 1. The van der Waals surface area contributed by atoms with Gasteiger partial charge in [-0.25, -0.2) is 0 Å². The molecule has 1 heterocycles. The fourth-order valence-electron chi connectivity index (χ4n) is 3.03. The number of unbranched alkanes of at least 4 members (excludes halogenated alkanes) is 2. The lowest BCUT2D eigenvalue weighted by molar-refractivity contribution is -0.123. The minimum Gasteiger partial charge on any atom is -0.421 e. The van der Waals surface area contributed by atoms with E-state index in [0.29, 0.717) is 56.9 Å². The van der Waals surface area contributed by atoms with E-state index < -0.39 is 0 Å². The van der Waals surface area contributed by atoms with Crippen molar-refractivity contribution in [3.05, 3.63) is 30.2 Å². The third-order valence-electron chi connectivity index (χ3n) is 4.95. The van der Waals surface area contributed by atoms with Crippen LogP contribution in [-0.4, -0.2) is 61.5 Å². The molecule has 1 N–H and O–H groups in total. The molecular formula is C25H37N3O6. The zero-order chi connectivity index (χ0) is 24.4. The van der Waals surface area contributed by atoms with Crippen molar-refractivity contribution in [1.82, 2.24) is 10.2 Å². The average molecular weight is 476 g/mol. The molecule has 0 bridgehead atoms. The van der Waals surface area contributed by atoms with E-state index >= 15 is 0 Å².